The normalized spacial score (nSPS) is 15.4. The van der Waals surface area contributed by atoms with Gasteiger partial charge in [0.05, 0.1) is 23.9 Å². The van der Waals surface area contributed by atoms with Crippen LogP contribution < -0.4 is 0 Å². The zero-order valence-electron chi connectivity index (χ0n) is 16.5. The van der Waals surface area contributed by atoms with Crippen molar-refractivity contribution in [2.75, 3.05) is 0 Å². The Morgan fingerprint density at radius 1 is 1.07 bits per heavy atom. The molecule has 3 aromatic rings. The lowest BCUT2D eigenvalue weighted by Gasteiger charge is -2.11. The first kappa shape index (κ1) is 17.7. The van der Waals surface area contributed by atoms with Gasteiger partial charge in [0.1, 0.15) is 0 Å². The fourth-order valence-electron chi connectivity index (χ4n) is 4.18. The van der Waals surface area contributed by atoms with E-state index in [1.165, 1.54) is 11.1 Å². The van der Waals surface area contributed by atoms with Gasteiger partial charge in [-0.1, -0.05) is 12.1 Å². The number of nitrogens with zero attached hydrogens (tertiary/aromatic N) is 3. The average Bonchev–Trinajstić information content (AvgIpc) is 3.35. The second-order valence-corrected chi connectivity index (χ2v) is 7.75. The van der Waals surface area contributed by atoms with Gasteiger partial charge in [0.25, 0.3) is 0 Å². The topological polar surface area (TPSA) is 55.2 Å². The Hall–Kier alpha value is -3.40. The third kappa shape index (κ3) is 3.11. The molecule has 1 aliphatic heterocycles. The smallest absolute Gasteiger partial charge is 0.167 e. The molecule has 4 heteroatoms. The molecule has 0 radical (unpaired) electrons. The van der Waals surface area contributed by atoms with Crippen molar-refractivity contribution in [2.24, 2.45) is 4.99 Å². The molecule has 0 saturated heterocycles. The van der Waals surface area contributed by atoms with Crippen LogP contribution in [0.5, 0.6) is 0 Å². The minimum atomic E-state index is -0.240. The molecule has 29 heavy (non-hydrogen) atoms. The molecule has 1 atom stereocenters. The molecule has 5 rings (SSSR count). The van der Waals surface area contributed by atoms with Gasteiger partial charge in [-0.2, -0.15) is 0 Å². The standard InChI is InChI=1S/C25H21N3O/c1-15-4-3-5-23(28-15)16(2)25(29)20-10-18-12-21-14-27-24(17-6-8-26-9-7-17)22(21)13-19(18)11-20/h3-9,11-13,16H,10,14H2,1-2H3/t16-/m1/s1. The van der Waals surface area contributed by atoms with Crippen LogP contribution in [0.2, 0.25) is 0 Å². The predicted octanol–water partition coefficient (Wildman–Crippen LogP) is 4.45. The van der Waals surface area contributed by atoms with Crippen LogP contribution in [0.15, 0.2) is 65.4 Å². The zero-order chi connectivity index (χ0) is 20.0. The Morgan fingerprint density at radius 2 is 1.90 bits per heavy atom. The lowest BCUT2D eigenvalue weighted by molar-refractivity contribution is -0.116. The SMILES string of the molecule is Cc1cccc([C@@H](C)C(=O)C2=Cc3cc4c(cc3C2)CN=C4c2ccncc2)n1. The lowest BCUT2D eigenvalue weighted by Crippen LogP contribution is -2.13. The summed E-state index contributed by atoms with van der Waals surface area (Å²) < 4.78 is 0. The summed E-state index contributed by atoms with van der Waals surface area (Å²) in [5.74, 6) is -0.0845. The van der Waals surface area contributed by atoms with Gasteiger partial charge >= 0.3 is 0 Å². The molecule has 0 amide bonds. The fraction of sp³-hybridized carbons (Fsp3) is 0.200. The Bertz CT molecular complexity index is 1190. The lowest BCUT2D eigenvalue weighted by atomic mass is 9.94. The first-order chi connectivity index (χ1) is 14.1. The molecular formula is C25H21N3O. The largest absolute Gasteiger partial charge is 0.294 e. The van der Waals surface area contributed by atoms with Gasteiger partial charge in [0, 0.05) is 41.2 Å². The summed E-state index contributed by atoms with van der Waals surface area (Å²) in [5.41, 5.74) is 9.45. The van der Waals surface area contributed by atoms with Crippen molar-refractivity contribution in [1.29, 1.82) is 0 Å². The first-order valence-electron chi connectivity index (χ1n) is 9.89. The number of ketones is 1. The third-order valence-electron chi connectivity index (χ3n) is 5.76. The van der Waals surface area contributed by atoms with Crippen LogP contribution in [0.4, 0.5) is 0 Å². The highest BCUT2D eigenvalue weighted by atomic mass is 16.1. The van der Waals surface area contributed by atoms with E-state index < -0.39 is 0 Å². The Labute approximate surface area is 170 Å². The maximum absolute atomic E-state index is 13.1. The maximum Gasteiger partial charge on any atom is 0.167 e. The minimum Gasteiger partial charge on any atom is -0.294 e. The van der Waals surface area contributed by atoms with Gasteiger partial charge in [0.2, 0.25) is 0 Å². The van der Waals surface area contributed by atoms with E-state index in [2.05, 4.69) is 22.1 Å². The van der Waals surface area contributed by atoms with Crippen molar-refractivity contribution in [1.82, 2.24) is 9.97 Å². The number of fused-ring (bicyclic) bond motifs is 2. The molecule has 0 fully saturated rings. The molecule has 0 N–H and O–H groups in total. The van der Waals surface area contributed by atoms with Crippen molar-refractivity contribution < 1.29 is 4.79 Å². The molecule has 0 bridgehead atoms. The number of carbonyl (C=O) groups excluding carboxylic acids is 1. The molecule has 1 aliphatic carbocycles. The highest BCUT2D eigenvalue weighted by Gasteiger charge is 2.27. The molecular weight excluding hydrogens is 358 g/mol. The van der Waals surface area contributed by atoms with Crippen LogP contribution in [0, 0.1) is 6.92 Å². The third-order valence-corrected chi connectivity index (χ3v) is 5.76. The van der Waals surface area contributed by atoms with Gasteiger partial charge in [0.15, 0.2) is 5.78 Å². The summed E-state index contributed by atoms with van der Waals surface area (Å²) >= 11 is 0. The summed E-state index contributed by atoms with van der Waals surface area (Å²) in [4.78, 5) is 26.5. The number of Topliss-reactive ketones (excluding diaryl/α,β-unsaturated/α-hetero) is 1. The molecule has 0 spiro atoms. The second-order valence-electron chi connectivity index (χ2n) is 7.75. The maximum atomic E-state index is 13.1. The monoisotopic (exact) mass is 379 g/mol. The van der Waals surface area contributed by atoms with Gasteiger partial charge < -0.3 is 0 Å². The highest BCUT2D eigenvalue weighted by Crippen LogP contribution is 2.34. The second kappa shape index (κ2) is 6.89. The van der Waals surface area contributed by atoms with Crippen LogP contribution in [0.3, 0.4) is 0 Å². The molecule has 0 saturated carbocycles. The summed E-state index contributed by atoms with van der Waals surface area (Å²) in [6, 6.07) is 14.2. The average molecular weight is 379 g/mol. The first-order valence-corrected chi connectivity index (χ1v) is 9.89. The van der Waals surface area contributed by atoms with Crippen LogP contribution in [0.1, 0.15) is 52.0 Å². The van der Waals surface area contributed by atoms with Crippen molar-refractivity contribution in [3.05, 3.63) is 99.6 Å². The number of pyridine rings is 2. The molecule has 2 aliphatic rings. The van der Waals surface area contributed by atoms with Crippen LogP contribution in [-0.2, 0) is 17.8 Å². The van der Waals surface area contributed by atoms with Crippen LogP contribution >= 0.6 is 0 Å². The fourth-order valence-corrected chi connectivity index (χ4v) is 4.18. The highest BCUT2D eigenvalue weighted by molar-refractivity contribution is 6.15. The number of aromatic nitrogens is 2. The Balaban J connectivity index is 1.45. The predicted molar refractivity (Wildman–Crippen MR) is 114 cm³/mol. The van der Waals surface area contributed by atoms with E-state index in [1.54, 1.807) is 12.4 Å². The number of hydrogen-bond acceptors (Lipinski definition) is 4. The number of hydrogen-bond donors (Lipinski definition) is 0. The van der Waals surface area contributed by atoms with E-state index in [1.807, 2.05) is 50.3 Å². The quantitative estimate of drug-likeness (QED) is 0.673. The molecule has 4 nitrogen and oxygen atoms in total. The minimum absolute atomic E-state index is 0.155. The molecule has 1 aromatic carbocycles. The summed E-state index contributed by atoms with van der Waals surface area (Å²) in [5, 5.41) is 0. The van der Waals surface area contributed by atoms with E-state index in [-0.39, 0.29) is 11.7 Å². The zero-order valence-corrected chi connectivity index (χ0v) is 16.5. The number of aryl methyl sites for hydroxylation is 1. The number of carbonyl (C=O) groups is 1. The van der Waals surface area contributed by atoms with E-state index >= 15 is 0 Å². The molecule has 2 aromatic heterocycles. The van der Waals surface area contributed by atoms with Crippen LogP contribution in [-0.4, -0.2) is 21.5 Å². The number of allylic oxidation sites excluding steroid dienone is 1. The van der Waals surface area contributed by atoms with E-state index in [0.717, 1.165) is 39.4 Å². The van der Waals surface area contributed by atoms with Gasteiger partial charge in [-0.25, -0.2) is 0 Å². The molecule has 0 unspecified atom stereocenters. The van der Waals surface area contributed by atoms with Crippen molar-refractivity contribution >= 4 is 17.6 Å². The number of aliphatic imine (C=N–C) groups is 1. The Morgan fingerprint density at radius 3 is 2.69 bits per heavy atom. The van der Waals surface area contributed by atoms with E-state index in [9.17, 15) is 4.79 Å². The number of benzene rings is 1. The summed E-state index contributed by atoms with van der Waals surface area (Å²) in [6.07, 6.45) is 6.32. The summed E-state index contributed by atoms with van der Waals surface area (Å²) in [7, 11) is 0. The van der Waals surface area contributed by atoms with Crippen molar-refractivity contribution in [3.8, 4) is 0 Å². The molecule has 3 heterocycles. The van der Waals surface area contributed by atoms with Crippen molar-refractivity contribution in [3.63, 3.8) is 0 Å². The number of rotatable bonds is 4. The van der Waals surface area contributed by atoms with Crippen LogP contribution in [0.25, 0.3) is 6.08 Å². The van der Waals surface area contributed by atoms with Gasteiger partial charge in [-0.15, -0.1) is 0 Å². The van der Waals surface area contributed by atoms with E-state index in [0.29, 0.717) is 13.0 Å². The van der Waals surface area contributed by atoms with Gasteiger partial charge in [-0.05, 0) is 66.9 Å². The molecule has 142 valence electrons. The van der Waals surface area contributed by atoms with Crippen molar-refractivity contribution in [2.45, 2.75) is 32.7 Å². The summed E-state index contributed by atoms with van der Waals surface area (Å²) in [6.45, 7) is 4.59. The van der Waals surface area contributed by atoms with E-state index in [4.69, 9.17) is 4.99 Å². The Kier molecular flexibility index (Phi) is 4.20. The van der Waals surface area contributed by atoms with Gasteiger partial charge in [-0.3, -0.25) is 19.8 Å².